The average Bonchev–Trinajstić information content (AvgIpc) is 2.84. The predicted molar refractivity (Wildman–Crippen MR) is 81.3 cm³/mol. The molecule has 0 bridgehead atoms. The summed E-state index contributed by atoms with van der Waals surface area (Å²) in [6.45, 7) is 0. The van der Waals surface area contributed by atoms with Crippen LogP contribution in [-0.4, -0.2) is 11.2 Å². The zero-order chi connectivity index (χ0) is 12.4. The second-order valence-electron chi connectivity index (χ2n) is 4.73. The minimum absolute atomic E-state index is 0. The molecular weight excluding hydrogens is 337 g/mol. The van der Waals surface area contributed by atoms with Gasteiger partial charge in [0, 0.05) is 4.47 Å². The van der Waals surface area contributed by atoms with Gasteiger partial charge in [-0.1, -0.05) is 30.5 Å². The highest BCUT2D eigenvalue weighted by Crippen LogP contribution is 2.34. The maximum atomic E-state index is 10.3. The van der Waals surface area contributed by atoms with Gasteiger partial charge in [0.25, 0.3) is 0 Å². The summed E-state index contributed by atoms with van der Waals surface area (Å²) in [6.07, 6.45) is 4.13. The van der Waals surface area contributed by atoms with Crippen LogP contribution in [0.5, 0.6) is 0 Å². The molecule has 1 aromatic carbocycles. The van der Waals surface area contributed by atoms with Gasteiger partial charge in [0.2, 0.25) is 0 Å². The van der Waals surface area contributed by atoms with Crippen molar-refractivity contribution in [3.05, 3.63) is 33.3 Å². The van der Waals surface area contributed by atoms with E-state index in [0.717, 1.165) is 22.9 Å². The van der Waals surface area contributed by atoms with Gasteiger partial charge >= 0.3 is 0 Å². The highest BCUT2D eigenvalue weighted by Gasteiger charge is 2.28. The number of rotatable bonds is 3. The molecule has 18 heavy (non-hydrogen) atoms. The molecule has 0 radical (unpaired) electrons. The molecule has 0 amide bonds. The van der Waals surface area contributed by atoms with Crippen molar-refractivity contribution in [2.24, 2.45) is 11.7 Å². The second kappa shape index (κ2) is 7.11. The SMILES string of the molecule is Cl.N[C@@H](c1ccc(Cl)c(Br)c1)[C@H](O)C1CCCC1. The second-order valence-corrected chi connectivity index (χ2v) is 6.00. The summed E-state index contributed by atoms with van der Waals surface area (Å²) in [4.78, 5) is 0. The predicted octanol–water partition coefficient (Wildman–Crippen LogP) is 4.08. The first-order valence-electron chi connectivity index (χ1n) is 5.98. The van der Waals surface area contributed by atoms with E-state index in [0.29, 0.717) is 10.9 Å². The van der Waals surface area contributed by atoms with Crippen LogP contribution in [0.1, 0.15) is 37.3 Å². The molecule has 1 fully saturated rings. The van der Waals surface area contributed by atoms with Gasteiger partial charge in [-0.3, -0.25) is 0 Å². The van der Waals surface area contributed by atoms with E-state index in [4.69, 9.17) is 17.3 Å². The van der Waals surface area contributed by atoms with Gasteiger partial charge in [0.1, 0.15) is 0 Å². The smallest absolute Gasteiger partial charge is 0.0760 e. The van der Waals surface area contributed by atoms with Crippen LogP contribution in [-0.2, 0) is 0 Å². The molecule has 0 unspecified atom stereocenters. The number of benzene rings is 1. The monoisotopic (exact) mass is 353 g/mol. The molecule has 1 aliphatic rings. The molecule has 3 N–H and O–H groups in total. The molecule has 0 aromatic heterocycles. The van der Waals surface area contributed by atoms with E-state index < -0.39 is 6.10 Å². The van der Waals surface area contributed by atoms with Gasteiger partial charge in [-0.2, -0.15) is 0 Å². The summed E-state index contributed by atoms with van der Waals surface area (Å²) in [7, 11) is 0. The maximum Gasteiger partial charge on any atom is 0.0760 e. The Labute approximate surface area is 127 Å². The Bertz CT molecular complexity index is 397. The molecule has 102 valence electrons. The lowest BCUT2D eigenvalue weighted by Gasteiger charge is -2.24. The Balaban J connectivity index is 0.00000162. The minimum Gasteiger partial charge on any atom is -0.391 e. The third-order valence-corrected chi connectivity index (χ3v) is 4.79. The van der Waals surface area contributed by atoms with Crippen molar-refractivity contribution in [1.29, 1.82) is 0 Å². The average molecular weight is 355 g/mol. The van der Waals surface area contributed by atoms with Crippen LogP contribution >= 0.6 is 39.9 Å². The molecule has 2 atom stereocenters. The zero-order valence-electron chi connectivity index (χ0n) is 9.98. The molecule has 0 spiro atoms. The van der Waals surface area contributed by atoms with Crippen LogP contribution < -0.4 is 5.73 Å². The Morgan fingerprint density at radius 1 is 1.33 bits per heavy atom. The first-order valence-corrected chi connectivity index (χ1v) is 7.15. The van der Waals surface area contributed by atoms with Crippen molar-refractivity contribution in [3.8, 4) is 0 Å². The van der Waals surface area contributed by atoms with Gasteiger partial charge in [0.05, 0.1) is 17.2 Å². The lowest BCUT2D eigenvalue weighted by Crippen LogP contribution is -2.31. The van der Waals surface area contributed by atoms with Crippen LogP contribution in [0.3, 0.4) is 0 Å². The Hall–Kier alpha value is 0.200. The van der Waals surface area contributed by atoms with Crippen LogP contribution in [0.2, 0.25) is 5.02 Å². The normalized spacial score (nSPS) is 19.3. The van der Waals surface area contributed by atoms with Crippen molar-refractivity contribution in [3.63, 3.8) is 0 Å². The van der Waals surface area contributed by atoms with Gasteiger partial charge < -0.3 is 10.8 Å². The van der Waals surface area contributed by atoms with Crippen molar-refractivity contribution in [2.75, 3.05) is 0 Å². The van der Waals surface area contributed by atoms with E-state index in [1.807, 2.05) is 18.2 Å². The lowest BCUT2D eigenvalue weighted by atomic mass is 9.91. The molecular formula is C13H18BrCl2NO. The Kier molecular flexibility index (Phi) is 6.42. The van der Waals surface area contributed by atoms with E-state index in [-0.39, 0.29) is 18.4 Å². The minimum atomic E-state index is -0.453. The number of halogens is 3. The molecule has 1 aliphatic carbocycles. The summed E-state index contributed by atoms with van der Waals surface area (Å²) < 4.78 is 0.825. The fraction of sp³-hybridized carbons (Fsp3) is 0.538. The van der Waals surface area contributed by atoms with E-state index in [2.05, 4.69) is 15.9 Å². The Morgan fingerprint density at radius 2 is 1.94 bits per heavy atom. The largest absolute Gasteiger partial charge is 0.391 e. The summed E-state index contributed by atoms with van der Waals surface area (Å²) in [5, 5.41) is 10.9. The fourth-order valence-electron chi connectivity index (χ4n) is 2.51. The van der Waals surface area contributed by atoms with E-state index >= 15 is 0 Å². The van der Waals surface area contributed by atoms with E-state index in [1.54, 1.807) is 0 Å². The number of nitrogens with two attached hydrogens (primary N) is 1. The van der Waals surface area contributed by atoms with Gasteiger partial charge in [0.15, 0.2) is 0 Å². The highest BCUT2D eigenvalue weighted by molar-refractivity contribution is 9.10. The topological polar surface area (TPSA) is 46.2 Å². The maximum absolute atomic E-state index is 10.3. The molecule has 2 rings (SSSR count). The number of hydrogen-bond acceptors (Lipinski definition) is 2. The summed E-state index contributed by atoms with van der Waals surface area (Å²) in [5.41, 5.74) is 7.05. The van der Waals surface area contributed by atoms with Gasteiger partial charge in [-0.15, -0.1) is 12.4 Å². The summed E-state index contributed by atoms with van der Waals surface area (Å²) in [6, 6.07) is 5.26. The van der Waals surface area contributed by atoms with Crippen LogP contribution in [0.25, 0.3) is 0 Å². The summed E-state index contributed by atoms with van der Waals surface area (Å²) in [5.74, 6) is 0.347. The number of hydrogen-bond donors (Lipinski definition) is 2. The first kappa shape index (κ1) is 16.3. The van der Waals surface area contributed by atoms with E-state index in [1.165, 1.54) is 12.8 Å². The van der Waals surface area contributed by atoms with Gasteiger partial charge in [-0.05, 0) is 52.4 Å². The number of aliphatic hydroxyl groups excluding tert-OH is 1. The van der Waals surface area contributed by atoms with Crippen molar-refractivity contribution in [2.45, 2.75) is 37.8 Å². The third kappa shape index (κ3) is 3.61. The molecule has 1 saturated carbocycles. The molecule has 5 heteroatoms. The van der Waals surface area contributed by atoms with Crippen molar-refractivity contribution >= 4 is 39.9 Å². The molecule has 0 heterocycles. The van der Waals surface area contributed by atoms with E-state index in [9.17, 15) is 5.11 Å². The zero-order valence-corrected chi connectivity index (χ0v) is 13.1. The van der Waals surface area contributed by atoms with Crippen molar-refractivity contribution < 1.29 is 5.11 Å². The standard InChI is InChI=1S/C13H17BrClNO.ClH/c14-10-7-9(5-6-11(10)15)12(16)13(17)8-3-1-2-4-8;/h5-8,12-13,17H,1-4,16H2;1H/t12-,13+;/m0./s1. The molecule has 0 aliphatic heterocycles. The van der Waals surface area contributed by atoms with Crippen LogP contribution in [0.15, 0.2) is 22.7 Å². The number of aliphatic hydroxyl groups is 1. The first-order chi connectivity index (χ1) is 8.09. The van der Waals surface area contributed by atoms with Crippen LogP contribution in [0, 0.1) is 5.92 Å². The van der Waals surface area contributed by atoms with Crippen LogP contribution in [0.4, 0.5) is 0 Å². The fourth-order valence-corrected chi connectivity index (χ4v) is 3.02. The molecule has 0 saturated heterocycles. The van der Waals surface area contributed by atoms with Gasteiger partial charge in [-0.25, -0.2) is 0 Å². The molecule has 1 aromatic rings. The lowest BCUT2D eigenvalue weighted by molar-refractivity contribution is 0.0845. The molecule has 2 nitrogen and oxygen atoms in total. The highest BCUT2D eigenvalue weighted by atomic mass is 79.9. The summed E-state index contributed by atoms with van der Waals surface area (Å²) >= 11 is 9.32. The van der Waals surface area contributed by atoms with Crippen molar-refractivity contribution in [1.82, 2.24) is 0 Å². The Morgan fingerprint density at radius 3 is 2.50 bits per heavy atom. The third-order valence-electron chi connectivity index (χ3n) is 3.58. The quantitative estimate of drug-likeness (QED) is 0.859.